The predicted molar refractivity (Wildman–Crippen MR) is 132 cm³/mol. The molecule has 0 radical (unpaired) electrons. The van der Waals surface area contributed by atoms with E-state index in [9.17, 15) is 4.79 Å². The molecule has 1 heterocycles. The lowest BCUT2D eigenvalue weighted by molar-refractivity contribution is -0.152. The van der Waals surface area contributed by atoms with Crippen molar-refractivity contribution in [1.82, 2.24) is 15.5 Å². The molecule has 1 aromatic carbocycles. The van der Waals surface area contributed by atoms with Gasteiger partial charge in [0.1, 0.15) is 17.9 Å². The zero-order chi connectivity index (χ0) is 21.3. The first-order valence-corrected chi connectivity index (χ1v) is 10.4. The minimum absolute atomic E-state index is 0. The fourth-order valence-corrected chi connectivity index (χ4v) is 3.48. The average molecular weight is 532 g/mol. The van der Waals surface area contributed by atoms with E-state index < -0.39 is 5.60 Å². The maximum absolute atomic E-state index is 12.0. The number of carbonyl (C=O) groups excluding carboxylic acids is 1. The van der Waals surface area contributed by atoms with Crippen LogP contribution in [0.25, 0.3) is 0 Å². The zero-order valence-corrected chi connectivity index (χ0v) is 21.2. The number of hydrogen-bond donors (Lipinski definition) is 2. The molecule has 170 valence electrons. The molecule has 1 aliphatic heterocycles. The molecule has 1 fully saturated rings. The zero-order valence-electron chi connectivity index (χ0n) is 18.9. The van der Waals surface area contributed by atoms with Crippen LogP contribution in [0.2, 0.25) is 0 Å². The molecule has 8 heteroatoms. The molecule has 7 nitrogen and oxygen atoms in total. The average Bonchev–Trinajstić information content (AvgIpc) is 3.19. The molecule has 1 saturated heterocycles. The van der Waals surface area contributed by atoms with Crippen LogP contribution in [0.1, 0.15) is 52.1 Å². The molecule has 0 saturated carbocycles. The fourth-order valence-electron chi connectivity index (χ4n) is 3.48. The second-order valence-corrected chi connectivity index (χ2v) is 8.16. The number of para-hydroxylation sites is 1. The second kappa shape index (κ2) is 13.0. The Hall–Kier alpha value is -1.55. The normalized spacial score (nSPS) is 15.8. The van der Waals surface area contributed by atoms with Crippen molar-refractivity contribution in [3.63, 3.8) is 0 Å². The minimum atomic E-state index is -0.511. The van der Waals surface area contributed by atoms with Crippen LogP contribution in [0.15, 0.2) is 29.3 Å². The van der Waals surface area contributed by atoms with Crippen molar-refractivity contribution >= 4 is 35.9 Å². The van der Waals surface area contributed by atoms with Crippen LogP contribution in [0, 0.1) is 0 Å². The Bertz CT molecular complexity index is 685. The smallest absolute Gasteiger partial charge is 0.328 e. The summed E-state index contributed by atoms with van der Waals surface area (Å²) in [5.74, 6) is 1.16. The van der Waals surface area contributed by atoms with Crippen LogP contribution in [0.3, 0.4) is 0 Å². The molecule has 1 unspecified atom stereocenters. The molecule has 0 aliphatic carbocycles. The van der Waals surface area contributed by atoms with Gasteiger partial charge < -0.3 is 20.1 Å². The van der Waals surface area contributed by atoms with Crippen LogP contribution in [0.4, 0.5) is 0 Å². The Kier molecular flexibility index (Phi) is 11.5. The first-order valence-electron chi connectivity index (χ1n) is 10.4. The van der Waals surface area contributed by atoms with E-state index >= 15 is 0 Å². The van der Waals surface area contributed by atoms with Crippen LogP contribution in [-0.2, 0) is 9.53 Å². The summed E-state index contributed by atoms with van der Waals surface area (Å²) >= 11 is 0. The third-order valence-electron chi connectivity index (χ3n) is 4.67. The molecule has 0 spiro atoms. The van der Waals surface area contributed by atoms with Gasteiger partial charge >= 0.3 is 5.97 Å². The highest BCUT2D eigenvalue weighted by molar-refractivity contribution is 14.0. The summed E-state index contributed by atoms with van der Waals surface area (Å²) in [6, 6.07) is 8.32. The van der Waals surface area contributed by atoms with E-state index in [0.29, 0.717) is 19.0 Å². The van der Waals surface area contributed by atoms with E-state index in [0.717, 1.165) is 24.4 Å². The quantitative estimate of drug-likeness (QED) is 0.232. The Morgan fingerprint density at radius 3 is 2.47 bits per heavy atom. The SMILES string of the molecule is CCNC(=NCC(=O)OC(C)(C)C)NCC(c1ccccc1OC)N1CCCC1.I. The molecule has 0 bridgehead atoms. The Morgan fingerprint density at radius 1 is 1.20 bits per heavy atom. The Labute approximate surface area is 198 Å². The largest absolute Gasteiger partial charge is 0.496 e. The van der Waals surface area contributed by atoms with Gasteiger partial charge in [0.25, 0.3) is 0 Å². The Morgan fingerprint density at radius 2 is 1.87 bits per heavy atom. The lowest BCUT2D eigenvalue weighted by Crippen LogP contribution is -2.43. The van der Waals surface area contributed by atoms with Crippen molar-refractivity contribution < 1.29 is 14.3 Å². The summed E-state index contributed by atoms with van der Waals surface area (Å²) in [7, 11) is 1.71. The topological polar surface area (TPSA) is 75.2 Å². The molecule has 2 rings (SSSR count). The molecule has 1 atom stereocenters. The highest BCUT2D eigenvalue weighted by Gasteiger charge is 2.26. The number of guanidine groups is 1. The molecule has 1 aliphatic rings. The van der Waals surface area contributed by atoms with Gasteiger partial charge in [-0.05, 0) is 59.7 Å². The van der Waals surface area contributed by atoms with Gasteiger partial charge in [-0.25, -0.2) is 4.99 Å². The van der Waals surface area contributed by atoms with E-state index in [1.54, 1.807) is 7.11 Å². The standard InChI is InChI=1S/C22H36N4O3.HI/c1-6-23-21(25-16-20(27)29-22(2,3)4)24-15-18(26-13-9-10-14-26)17-11-7-8-12-19(17)28-5;/h7-8,11-12,18H,6,9-10,13-16H2,1-5H3,(H2,23,24,25);1H. The molecule has 0 aromatic heterocycles. The first-order chi connectivity index (χ1) is 13.8. The van der Waals surface area contributed by atoms with Crippen LogP contribution >= 0.6 is 24.0 Å². The van der Waals surface area contributed by atoms with Crippen LogP contribution in [0.5, 0.6) is 5.75 Å². The lowest BCUT2D eigenvalue weighted by Gasteiger charge is -2.30. The van der Waals surface area contributed by atoms with Crippen molar-refractivity contribution in [2.45, 2.75) is 52.2 Å². The third kappa shape index (κ3) is 8.67. The van der Waals surface area contributed by atoms with E-state index in [1.165, 1.54) is 12.8 Å². The van der Waals surface area contributed by atoms with Gasteiger partial charge in [0.2, 0.25) is 0 Å². The lowest BCUT2D eigenvalue weighted by atomic mass is 10.0. The number of halogens is 1. The monoisotopic (exact) mass is 532 g/mol. The fraction of sp³-hybridized carbons (Fsp3) is 0.636. The van der Waals surface area contributed by atoms with Crippen LogP contribution < -0.4 is 15.4 Å². The number of benzene rings is 1. The molecule has 30 heavy (non-hydrogen) atoms. The summed E-state index contributed by atoms with van der Waals surface area (Å²) in [5.41, 5.74) is 0.649. The third-order valence-corrected chi connectivity index (χ3v) is 4.67. The molecule has 1 aromatic rings. The van der Waals surface area contributed by atoms with E-state index in [4.69, 9.17) is 9.47 Å². The van der Waals surface area contributed by atoms with Gasteiger partial charge in [-0.1, -0.05) is 18.2 Å². The Balaban J connectivity index is 0.00000450. The number of nitrogens with one attached hydrogen (secondary N) is 2. The van der Waals surface area contributed by atoms with E-state index in [-0.39, 0.29) is 42.5 Å². The number of methoxy groups -OCH3 is 1. The number of esters is 1. The minimum Gasteiger partial charge on any atom is -0.496 e. The van der Waals surface area contributed by atoms with Crippen molar-refractivity contribution in [1.29, 1.82) is 0 Å². The number of ether oxygens (including phenoxy) is 2. The number of aliphatic imine (C=N–C) groups is 1. The molecular weight excluding hydrogens is 495 g/mol. The number of likely N-dealkylation sites (tertiary alicyclic amines) is 1. The summed E-state index contributed by atoms with van der Waals surface area (Å²) in [6.07, 6.45) is 2.41. The van der Waals surface area contributed by atoms with Gasteiger partial charge in [-0.2, -0.15) is 0 Å². The van der Waals surface area contributed by atoms with Crippen molar-refractivity contribution in [3.05, 3.63) is 29.8 Å². The van der Waals surface area contributed by atoms with E-state index in [2.05, 4.69) is 26.6 Å². The van der Waals surface area contributed by atoms with Crippen molar-refractivity contribution in [2.24, 2.45) is 4.99 Å². The predicted octanol–water partition coefficient (Wildman–Crippen LogP) is 3.35. The highest BCUT2D eigenvalue weighted by atomic mass is 127. The maximum Gasteiger partial charge on any atom is 0.328 e. The van der Waals surface area contributed by atoms with Crippen molar-refractivity contribution in [3.8, 4) is 5.75 Å². The first kappa shape index (κ1) is 26.5. The summed E-state index contributed by atoms with van der Waals surface area (Å²) in [6.45, 7) is 11.1. The summed E-state index contributed by atoms with van der Waals surface area (Å²) in [5, 5.41) is 6.61. The molecule has 0 amide bonds. The summed E-state index contributed by atoms with van der Waals surface area (Å²) < 4.78 is 11.0. The maximum atomic E-state index is 12.0. The molecule has 2 N–H and O–H groups in total. The van der Waals surface area contributed by atoms with Gasteiger partial charge in [-0.3, -0.25) is 9.69 Å². The van der Waals surface area contributed by atoms with E-state index in [1.807, 2.05) is 45.9 Å². The van der Waals surface area contributed by atoms with Gasteiger partial charge in [0, 0.05) is 18.7 Å². The van der Waals surface area contributed by atoms with Gasteiger partial charge in [-0.15, -0.1) is 24.0 Å². The number of rotatable bonds is 8. The number of nitrogens with zero attached hydrogens (tertiary/aromatic N) is 2. The van der Waals surface area contributed by atoms with Crippen molar-refractivity contribution in [2.75, 3.05) is 39.8 Å². The molecular formula is C22H37IN4O3. The number of hydrogen-bond acceptors (Lipinski definition) is 5. The number of carbonyl (C=O) groups is 1. The van der Waals surface area contributed by atoms with Gasteiger partial charge in [0.05, 0.1) is 13.2 Å². The van der Waals surface area contributed by atoms with Gasteiger partial charge in [0.15, 0.2) is 5.96 Å². The van der Waals surface area contributed by atoms with Crippen LogP contribution in [-0.4, -0.2) is 62.3 Å². The highest BCUT2D eigenvalue weighted by Crippen LogP contribution is 2.31. The second-order valence-electron chi connectivity index (χ2n) is 8.16. The summed E-state index contributed by atoms with van der Waals surface area (Å²) in [4.78, 5) is 18.9.